The van der Waals surface area contributed by atoms with Crippen LogP contribution in [0.1, 0.15) is 55.3 Å². The molecule has 42 heavy (non-hydrogen) atoms. The van der Waals surface area contributed by atoms with Crippen LogP contribution in [0.4, 0.5) is 13.2 Å². The summed E-state index contributed by atoms with van der Waals surface area (Å²) in [5.41, 5.74) is 0.836. The topological polar surface area (TPSA) is 113 Å². The van der Waals surface area contributed by atoms with Crippen LogP contribution in [-0.2, 0) is 22.4 Å². The van der Waals surface area contributed by atoms with Gasteiger partial charge in [0.2, 0.25) is 5.91 Å². The minimum absolute atomic E-state index is 0.0525. The number of pyridine rings is 1. The maximum Gasteiger partial charge on any atom is 0.434 e. The third-order valence-electron chi connectivity index (χ3n) is 7.75. The van der Waals surface area contributed by atoms with E-state index in [0.717, 1.165) is 36.0 Å². The van der Waals surface area contributed by atoms with Gasteiger partial charge in [0.15, 0.2) is 5.69 Å². The van der Waals surface area contributed by atoms with Crippen LogP contribution in [0.2, 0.25) is 0 Å². The van der Waals surface area contributed by atoms with Crippen molar-refractivity contribution in [3.63, 3.8) is 0 Å². The molecule has 1 amide bonds. The number of aryl methyl sites for hydroxylation is 1. The summed E-state index contributed by atoms with van der Waals surface area (Å²) in [7, 11) is 1.69. The largest absolute Gasteiger partial charge is 0.490 e. The Labute approximate surface area is 245 Å². The van der Waals surface area contributed by atoms with E-state index in [1.54, 1.807) is 31.0 Å². The molecule has 0 spiro atoms. The molecule has 2 aromatic heterocycles. The third-order valence-corrected chi connectivity index (χ3v) is 8.62. The van der Waals surface area contributed by atoms with Crippen molar-refractivity contribution in [1.82, 2.24) is 14.9 Å². The van der Waals surface area contributed by atoms with E-state index in [-0.39, 0.29) is 29.6 Å². The molecule has 4 rings (SSSR count). The monoisotopic (exact) mass is 605 g/mol. The smallest absolute Gasteiger partial charge is 0.434 e. The number of ether oxygens (including phenoxy) is 1. The van der Waals surface area contributed by atoms with Gasteiger partial charge in [-0.25, -0.2) is 9.97 Å². The minimum atomic E-state index is -4.60. The van der Waals surface area contributed by atoms with Crippen molar-refractivity contribution < 1.29 is 37.7 Å². The fourth-order valence-corrected chi connectivity index (χ4v) is 6.14. The number of unbranched alkanes of at least 4 members (excludes halogenated alkanes) is 2. The fraction of sp³-hybridized carbons (Fsp3) is 0.467. The van der Waals surface area contributed by atoms with Gasteiger partial charge in [0.25, 0.3) is 0 Å². The lowest BCUT2D eigenvalue weighted by molar-refractivity contribution is -0.153. The number of alkyl halides is 3. The van der Waals surface area contributed by atoms with Crippen LogP contribution in [0.5, 0.6) is 5.75 Å². The van der Waals surface area contributed by atoms with E-state index >= 15 is 0 Å². The number of hydrogen-bond donors (Lipinski definition) is 2. The van der Waals surface area contributed by atoms with Gasteiger partial charge >= 0.3 is 12.1 Å². The molecule has 0 unspecified atom stereocenters. The number of aliphatic hydroxyl groups is 1. The Morgan fingerprint density at radius 3 is 2.62 bits per heavy atom. The summed E-state index contributed by atoms with van der Waals surface area (Å²) in [6, 6.07) is 4.95. The van der Waals surface area contributed by atoms with Crippen molar-refractivity contribution >= 4 is 34.1 Å². The summed E-state index contributed by atoms with van der Waals surface area (Å²) >= 11 is 0.804. The molecular weight excluding hydrogens is 571 g/mol. The van der Waals surface area contributed by atoms with Crippen molar-refractivity contribution in [1.29, 1.82) is 0 Å². The van der Waals surface area contributed by atoms with Crippen molar-refractivity contribution in [3.8, 4) is 16.5 Å². The number of nitrogens with zero attached hydrogens (tertiary/aromatic N) is 3. The molecule has 226 valence electrons. The average Bonchev–Trinajstić information content (AvgIpc) is 3.47. The molecule has 1 aliphatic rings. The van der Waals surface area contributed by atoms with E-state index in [2.05, 4.69) is 16.5 Å². The molecule has 3 aromatic rings. The SMILES string of the molecule is C=CCCCCN(C)C(=O)[C@@H]1CC[C@H](Oc2cc(-c3nc(C(F)(F)F)cs3)nc3c(C)c(CO)ccc23)C[C@H]1C(=O)O. The molecule has 0 saturated heterocycles. The number of aliphatic carboxylic acids is 1. The summed E-state index contributed by atoms with van der Waals surface area (Å²) in [5.74, 6) is -2.58. The average molecular weight is 606 g/mol. The number of carboxylic acids is 1. The Hall–Kier alpha value is -3.51. The highest BCUT2D eigenvalue weighted by molar-refractivity contribution is 7.13. The standard InChI is InChI=1S/C30H34F3N3O5S/c1-4-5-6-7-12-36(3)28(38)20-11-9-19(13-22(20)29(39)40)41-24-14-23(27-35-25(16-42-27)30(31,32)33)34-26-17(2)18(15-37)8-10-21(24)26/h4,8,10,14,16,19-20,22,37H,1,5-7,9,11-13,15H2,2-3H3,(H,39,40)/t19-,20+,22+/m0/s1. The first kappa shape index (κ1) is 31.4. The highest BCUT2D eigenvalue weighted by atomic mass is 32.1. The molecule has 2 N–H and O–H groups in total. The molecule has 2 heterocycles. The highest BCUT2D eigenvalue weighted by Gasteiger charge is 2.41. The van der Waals surface area contributed by atoms with Crippen LogP contribution in [0.15, 0.2) is 36.2 Å². The lowest BCUT2D eigenvalue weighted by Crippen LogP contribution is -2.44. The van der Waals surface area contributed by atoms with E-state index in [4.69, 9.17) is 4.74 Å². The predicted molar refractivity (Wildman–Crippen MR) is 153 cm³/mol. The number of carboxylic acid groups (broad SMARTS) is 1. The van der Waals surface area contributed by atoms with Gasteiger partial charge in [-0.2, -0.15) is 13.2 Å². The summed E-state index contributed by atoms with van der Waals surface area (Å²) in [6.45, 7) is 5.73. The van der Waals surface area contributed by atoms with Crippen molar-refractivity contribution in [2.75, 3.05) is 13.6 Å². The number of halogens is 3. The number of allylic oxidation sites excluding steroid dienone is 1. The van der Waals surface area contributed by atoms with Crippen molar-refractivity contribution in [3.05, 3.63) is 53.1 Å². The second kappa shape index (κ2) is 13.2. The van der Waals surface area contributed by atoms with Crippen LogP contribution in [-0.4, -0.2) is 56.7 Å². The molecule has 1 saturated carbocycles. The first-order valence-corrected chi connectivity index (χ1v) is 14.6. The number of rotatable bonds is 11. The second-order valence-corrected chi connectivity index (χ2v) is 11.5. The fourth-order valence-electron chi connectivity index (χ4n) is 5.36. The van der Waals surface area contributed by atoms with Gasteiger partial charge in [-0.05, 0) is 62.6 Å². The number of amides is 1. The molecule has 0 radical (unpaired) electrons. The van der Waals surface area contributed by atoms with Gasteiger partial charge < -0.3 is 19.8 Å². The van der Waals surface area contributed by atoms with Gasteiger partial charge in [0.05, 0.1) is 30.1 Å². The first-order valence-electron chi connectivity index (χ1n) is 13.8. The maximum atomic E-state index is 13.2. The van der Waals surface area contributed by atoms with Crippen LogP contribution < -0.4 is 4.74 Å². The van der Waals surface area contributed by atoms with Crippen molar-refractivity contribution in [2.24, 2.45) is 11.8 Å². The normalized spacial score (nSPS) is 19.0. The predicted octanol–water partition coefficient (Wildman–Crippen LogP) is 6.24. The number of aromatic nitrogens is 2. The summed E-state index contributed by atoms with van der Waals surface area (Å²) in [6.07, 6.45) is 0.0429. The Balaban J connectivity index is 1.61. The number of hydrogen-bond acceptors (Lipinski definition) is 7. The molecule has 0 aliphatic heterocycles. The zero-order valence-electron chi connectivity index (χ0n) is 23.5. The van der Waals surface area contributed by atoms with Gasteiger partial charge in [-0.15, -0.1) is 17.9 Å². The molecule has 0 bridgehead atoms. The maximum absolute atomic E-state index is 13.2. The van der Waals surface area contributed by atoms with E-state index in [1.165, 1.54) is 6.07 Å². The van der Waals surface area contributed by atoms with Crippen molar-refractivity contribution in [2.45, 2.75) is 64.3 Å². The molecule has 1 aromatic carbocycles. The number of thiazole rings is 1. The number of carbonyl (C=O) groups excluding carboxylic acids is 1. The lowest BCUT2D eigenvalue weighted by Gasteiger charge is -2.35. The highest BCUT2D eigenvalue weighted by Crippen LogP contribution is 2.39. The Bertz CT molecular complexity index is 1460. The minimum Gasteiger partial charge on any atom is -0.490 e. The molecule has 8 nitrogen and oxygen atoms in total. The van der Waals surface area contributed by atoms with Gasteiger partial charge in [0, 0.05) is 30.4 Å². The van der Waals surface area contributed by atoms with Gasteiger partial charge in [0.1, 0.15) is 16.5 Å². The molecule has 12 heteroatoms. The van der Waals surface area contributed by atoms with Crippen LogP contribution in [0.3, 0.4) is 0 Å². The van der Waals surface area contributed by atoms with Gasteiger partial charge in [-0.3, -0.25) is 9.59 Å². The van der Waals surface area contributed by atoms with Crippen LogP contribution >= 0.6 is 11.3 Å². The summed E-state index contributed by atoms with van der Waals surface area (Å²) in [5, 5.41) is 21.3. The summed E-state index contributed by atoms with van der Waals surface area (Å²) in [4.78, 5) is 35.3. The molecule has 1 aliphatic carbocycles. The Morgan fingerprint density at radius 1 is 1.21 bits per heavy atom. The molecular formula is C30H34F3N3O5S. The first-order chi connectivity index (χ1) is 19.9. The van der Waals surface area contributed by atoms with E-state index < -0.39 is 35.8 Å². The molecule has 1 fully saturated rings. The lowest BCUT2D eigenvalue weighted by atomic mass is 9.77. The van der Waals surface area contributed by atoms with Crippen LogP contribution in [0, 0.1) is 18.8 Å². The zero-order valence-corrected chi connectivity index (χ0v) is 24.3. The van der Waals surface area contributed by atoms with Gasteiger partial charge in [-0.1, -0.05) is 12.1 Å². The third kappa shape index (κ3) is 6.92. The van der Waals surface area contributed by atoms with E-state index in [1.807, 2.05) is 6.08 Å². The summed E-state index contributed by atoms with van der Waals surface area (Å²) < 4.78 is 46.1. The number of carbonyl (C=O) groups is 2. The quantitative estimate of drug-likeness (QED) is 0.197. The number of aliphatic hydroxyl groups excluding tert-OH is 1. The second-order valence-electron chi connectivity index (χ2n) is 10.6. The van der Waals surface area contributed by atoms with Crippen LogP contribution in [0.25, 0.3) is 21.6 Å². The Morgan fingerprint density at radius 2 is 1.98 bits per heavy atom. The van der Waals surface area contributed by atoms with E-state index in [9.17, 15) is 33.0 Å². The Kier molecular flexibility index (Phi) is 9.88. The zero-order chi connectivity index (χ0) is 30.6. The number of benzene rings is 1. The molecule has 3 atom stereocenters. The number of fused-ring (bicyclic) bond motifs is 1. The van der Waals surface area contributed by atoms with E-state index in [0.29, 0.717) is 47.2 Å².